The first-order chi connectivity index (χ1) is 9.03. The van der Waals surface area contributed by atoms with Gasteiger partial charge in [0.15, 0.2) is 0 Å². The molecule has 1 fully saturated rings. The van der Waals surface area contributed by atoms with Gasteiger partial charge in [0.25, 0.3) is 0 Å². The standard InChI is InChI=1S/C13H19N3O3/c1-16(9-10-7-14-15-8-10)11(17)6-13(12(18)19)4-2-3-5-13/h7-8H,2-6,9H2,1H3,(H,14,15)(H,18,19). The van der Waals surface area contributed by atoms with Crippen molar-refractivity contribution in [1.82, 2.24) is 15.1 Å². The van der Waals surface area contributed by atoms with Crippen LogP contribution >= 0.6 is 0 Å². The van der Waals surface area contributed by atoms with Crippen LogP contribution in [-0.2, 0) is 16.1 Å². The first-order valence-electron chi connectivity index (χ1n) is 6.48. The number of aromatic amines is 1. The summed E-state index contributed by atoms with van der Waals surface area (Å²) in [6.45, 7) is 0.449. The summed E-state index contributed by atoms with van der Waals surface area (Å²) in [4.78, 5) is 25.1. The number of rotatable bonds is 5. The molecule has 19 heavy (non-hydrogen) atoms. The molecule has 0 aromatic carbocycles. The molecule has 1 aliphatic rings. The average molecular weight is 265 g/mol. The second-order valence-corrected chi connectivity index (χ2v) is 5.33. The molecule has 1 saturated carbocycles. The van der Waals surface area contributed by atoms with Crippen molar-refractivity contribution in [2.24, 2.45) is 5.41 Å². The lowest BCUT2D eigenvalue weighted by Crippen LogP contribution is -2.36. The van der Waals surface area contributed by atoms with Crippen molar-refractivity contribution in [3.05, 3.63) is 18.0 Å². The van der Waals surface area contributed by atoms with E-state index in [4.69, 9.17) is 0 Å². The minimum Gasteiger partial charge on any atom is -0.481 e. The van der Waals surface area contributed by atoms with Gasteiger partial charge in [0.05, 0.1) is 11.6 Å². The highest BCUT2D eigenvalue weighted by Crippen LogP contribution is 2.41. The van der Waals surface area contributed by atoms with E-state index in [0.29, 0.717) is 19.4 Å². The van der Waals surface area contributed by atoms with E-state index < -0.39 is 11.4 Å². The molecular weight excluding hydrogens is 246 g/mol. The number of amides is 1. The van der Waals surface area contributed by atoms with Gasteiger partial charge >= 0.3 is 5.97 Å². The van der Waals surface area contributed by atoms with Gasteiger partial charge in [-0.05, 0) is 12.8 Å². The minimum atomic E-state index is -0.845. The van der Waals surface area contributed by atoms with E-state index in [1.807, 2.05) is 0 Å². The average Bonchev–Trinajstić information content (AvgIpc) is 3.00. The van der Waals surface area contributed by atoms with Crippen LogP contribution in [-0.4, -0.2) is 39.1 Å². The molecule has 1 heterocycles. The molecule has 0 unspecified atom stereocenters. The van der Waals surface area contributed by atoms with Crippen molar-refractivity contribution >= 4 is 11.9 Å². The summed E-state index contributed by atoms with van der Waals surface area (Å²) in [6.07, 6.45) is 6.48. The zero-order chi connectivity index (χ0) is 13.9. The molecule has 1 aliphatic carbocycles. The topological polar surface area (TPSA) is 86.3 Å². The molecule has 0 radical (unpaired) electrons. The van der Waals surface area contributed by atoms with E-state index in [0.717, 1.165) is 18.4 Å². The third-order valence-corrected chi connectivity index (χ3v) is 3.90. The van der Waals surface area contributed by atoms with Gasteiger partial charge in [-0.25, -0.2) is 0 Å². The molecule has 0 bridgehead atoms. The van der Waals surface area contributed by atoms with E-state index in [-0.39, 0.29) is 12.3 Å². The van der Waals surface area contributed by atoms with Crippen LogP contribution in [0, 0.1) is 5.41 Å². The summed E-state index contributed by atoms with van der Waals surface area (Å²) >= 11 is 0. The number of H-pyrrole nitrogens is 1. The Balaban J connectivity index is 1.97. The molecule has 0 aliphatic heterocycles. The van der Waals surface area contributed by atoms with Gasteiger partial charge in [-0.15, -0.1) is 0 Å². The first-order valence-corrected chi connectivity index (χ1v) is 6.48. The monoisotopic (exact) mass is 265 g/mol. The maximum absolute atomic E-state index is 12.2. The van der Waals surface area contributed by atoms with Gasteiger partial charge in [0, 0.05) is 31.8 Å². The van der Waals surface area contributed by atoms with E-state index in [2.05, 4.69) is 10.2 Å². The predicted octanol–water partition coefficient (Wildman–Crippen LogP) is 1.40. The van der Waals surface area contributed by atoms with Crippen molar-refractivity contribution in [3.63, 3.8) is 0 Å². The van der Waals surface area contributed by atoms with Crippen LogP contribution in [0.1, 0.15) is 37.7 Å². The van der Waals surface area contributed by atoms with Crippen molar-refractivity contribution in [2.75, 3.05) is 7.05 Å². The molecule has 104 valence electrons. The summed E-state index contributed by atoms with van der Waals surface area (Å²) in [5.74, 6) is -0.958. The van der Waals surface area contributed by atoms with Crippen LogP contribution in [0.25, 0.3) is 0 Å². The van der Waals surface area contributed by atoms with Crippen molar-refractivity contribution in [2.45, 2.75) is 38.6 Å². The van der Waals surface area contributed by atoms with E-state index in [1.54, 1.807) is 24.3 Å². The molecule has 0 saturated heterocycles. The Kier molecular flexibility index (Phi) is 3.87. The van der Waals surface area contributed by atoms with Crippen molar-refractivity contribution in [1.29, 1.82) is 0 Å². The number of carboxylic acids is 1. The van der Waals surface area contributed by atoms with Gasteiger partial charge in [-0.1, -0.05) is 12.8 Å². The molecule has 2 N–H and O–H groups in total. The van der Waals surface area contributed by atoms with Crippen molar-refractivity contribution in [3.8, 4) is 0 Å². The molecule has 1 aromatic heterocycles. The Bertz CT molecular complexity index is 450. The number of hydrogen-bond donors (Lipinski definition) is 2. The van der Waals surface area contributed by atoms with Crippen LogP contribution in [0.2, 0.25) is 0 Å². The number of nitrogens with one attached hydrogen (secondary N) is 1. The molecule has 1 amide bonds. The largest absolute Gasteiger partial charge is 0.481 e. The highest BCUT2D eigenvalue weighted by molar-refractivity contribution is 5.85. The molecule has 0 spiro atoms. The smallest absolute Gasteiger partial charge is 0.310 e. The number of carboxylic acid groups (broad SMARTS) is 1. The molecule has 6 heteroatoms. The van der Waals surface area contributed by atoms with E-state index >= 15 is 0 Å². The minimum absolute atomic E-state index is 0.0939. The SMILES string of the molecule is CN(Cc1cn[nH]c1)C(=O)CC1(C(=O)O)CCCC1. The Morgan fingerprint density at radius 1 is 1.47 bits per heavy atom. The molecule has 6 nitrogen and oxygen atoms in total. The Hall–Kier alpha value is -1.85. The van der Waals surface area contributed by atoms with Gasteiger partial charge in [-0.2, -0.15) is 5.10 Å². The fraction of sp³-hybridized carbons (Fsp3) is 0.615. The quantitative estimate of drug-likeness (QED) is 0.842. The third-order valence-electron chi connectivity index (χ3n) is 3.90. The highest BCUT2D eigenvalue weighted by Gasteiger charge is 2.43. The summed E-state index contributed by atoms with van der Waals surface area (Å²) in [7, 11) is 1.69. The second-order valence-electron chi connectivity index (χ2n) is 5.33. The molecular formula is C13H19N3O3. The second kappa shape index (κ2) is 5.42. The van der Waals surface area contributed by atoms with E-state index in [9.17, 15) is 14.7 Å². The molecule has 2 rings (SSSR count). The lowest BCUT2D eigenvalue weighted by molar-refractivity contribution is -0.153. The molecule has 1 aromatic rings. The zero-order valence-corrected chi connectivity index (χ0v) is 11.1. The van der Waals surface area contributed by atoms with Gasteiger partial charge in [0.2, 0.25) is 5.91 Å². The summed E-state index contributed by atoms with van der Waals surface area (Å²) in [5, 5.41) is 15.9. The first kappa shape index (κ1) is 13.6. The summed E-state index contributed by atoms with van der Waals surface area (Å²) in [6, 6.07) is 0. The van der Waals surface area contributed by atoms with E-state index in [1.165, 1.54) is 0 Å². The van der Waals surface area contributed by atoms with Crippen LogP contribution in [0.3, 0.4) is 0 Å². The number of nitrogens with zero attached hydrogens (tertiary/aromatic N) is 2. The maximum atomic E-state index is 12.2. The fourth-order valence-electron chi connectivity index (χ4n) is 2.67. The van der Waals surface area contributed by atoms with Gasteiger partial charge < -0.3 is 10.0 Å². The van der Waals surface area contributed by atoms with Gasteiger partial charge in [0.1, 0.15) is 0 Å². The predicted molar refractivity (Wildman–Crippen MR) is 68.2 cm³/mol. The lowest BCUT2D eigenvalue weighted by Gasteiger charge is -2.26. The Labute approximate surface area is 111 Å². The number of aromatic nitrogens is 2. The number of carbonyl (C=O) groups excluding carboxylic acids is 1. The van der Waals surface area contributed by atoms with Crippen LogP contribution < -0.4 is 0 Å². The Morgan fingerprint density at radius 3 is 2.68 bits per heavy atom. The summed E-state index contributed by atoms with van der Waals surface area (Å²) < 4.78 is 0. The Morgan fingerprint density at radius 2 is 2.16 bits per heavy atom. The third kappa shape index (κ3) is 2.94. The number of carbonyl (C=O) groups is 2. The normalized spacial score (nSPS) is 17.3. The highest BCUT2D eigenvalue weighted by atomic mass is 16.4. The van der Waals surface area contributed by atoms with Crippen LogP contribution in [0.4, 0.5) is 0 Å². The van der Waals surface area contributed by atoms with Crippen molar-refractivity contribution < 1.29 is 14.7 Å². The van der Waals surface area contributed by atoms with Crippen LogP contribution in [0.15, 0.2) is 12.4 Å². The number of aliphatic carboxylic acids is 1. The van der Waals surface area contributed by atoms with Crippen LogP contribution in [0.5, 0.6) is 0 Å². The van der Waals surface area contributed by atoms with Gasteiger partial charge in [-0.3, -0.25) is 14.7 Å². The fourth-order valence-corrected chi connectivity index (χ4v) is 2.67. The lowest BCUT2D eigenvalue weighted by atomic mass is 9.82. The number of hydrogen-bond acceptors (Lipinski definition) is 3. The maximum Gasteiger partial charge on any atom is 0.310 e. The summed E-state index contributed by atoms with van der Waals surface area (Å²) in [5.41, 5.74) is 0.0634. The molecule has 0 atom stereocenters. The zero-order valence-electron chi connectivity index (χ0n) is 11.1.